The van der Waals surface area contributed by atoms with Crippen LogP contribution >= 0.6 is 0 Å². The Morgan fingerprint density at radius 1 is 1.27 bits per heavy atom. The number of benzene rings is 1. The Morgan fingerprint density at radius 3 is 2.50 bits per heavy atom. The quantitative estimate of drug-likeness (QED) is 0.806. The second-order valence-corrected chi connectivity index (χ2v) is 5.02. The summed E-state index contributed by atoms with van der Waals surface area (Å²) in [6, 6.07) is 6.92. The predicted molar refractivity (Wildman–Crippen MR) is 79.0 cm³/mol. The van der Waals surface area contributed by atoms with Crippen molar-refractivity contribution >= 4 is 12.0 Å². The molecule has 1 fully saturated rings. The second kappa shape index (κ2) is 7.53. The number of carbonyl (C=O) groups is 2. The number of amides is 2. The number of carbonyl (C=O) groups excluding carboxylic acids is 1. The lowest BCUT2D eigenvalue weighted by molar-refractivity contribution is -0.143. The SMILES string of the molecule is COc1ccccc1OCNC(=O)N1CCC(C(=O)O)CC1. The van der Waals surface area contributed by atoms with E-state index in [-0.39, 0.29) is 18.7 Å². The zero-order chi connectivity index (χ0) is 15.9. The number of para-hydroxylation sites is 2. The lowest BCUT2D eigenvalue weighted by Gasteiger charge is -2.30. The second-order valence-electron chi connectivity index (χ2n) is 5.02. The van der Waals surface area contributed by atoms with Crippen molar-refractivity contribution in [2.24, 2.45) is 5.92 Å². The fourth-order valence-electron chi connectivity index (χ4n) is 2.35. The van der Waals surface area contributed by atoms with Crippen LogP contribution in [0, 0.1) is 5.92 Å². The molecule has 7 nitrogen and oxygen atoms in total. The summed E-state index contributed by atoms with van der Waals surface area (Å²) in [4.78, 5) is 24.4. The molecule has 0 unspecified atom stereocenters. The van der Waals surface area contributed by atoms with Crippen LogP contribution in [0.3, 0.4) is 0 Å². The van der Waals surface area contributed by atoms with Crippen LogP contribution < -0.4 is 14.8 Å². The molecule has 7 heteroatoms. The van der Waals surface area contributed by atoms with Gasteiger partial charge < -0.3 is 24.8 Å². The van der Waals surface area contributed by atoms with E-state index in [0.717, 1.165) is 0 Å². The third-order valence-electron chi connectivity index (χ3n) is 3.65. The Labute approximate surface area is 128 Å². The summed E-state index contributed by atoms with van der Waals surface area (Å²) < 4.78 is 10.6. The maximum Gasteiger partial charge on any atom is 0.320 e. The molecule has 1 heterocycles. The lowest BCUT2D eigenvalue weighted by Crippen LogP contribution is -2.46. The van der Waals surface area contributed by atoms with Crippen molar-refractivity contribution in [3.05, 3.63) is 24.3 Å². The lowest BCUT2D eigenvalue weighted by atomic mass is 9.97. The number of piperidine rings is 1. The Balaban J connectivity index is 1.75. The van der Waals surface area contributed by atoms with Crippen molar-refractivity contribution in [3.63, 3.8) is 0 Å². The molecule has 0 spiro atoms. The number of urea groups is 1. The number of rotatable bonds is 5. The van der Waals surface area contributed by atoms with Gasteiger partial charge in [-0.25, -0.2) is 4.79 Å². The number of methoxy groups -OCH3 is 1. The van der Waals surface area contributed by atoms with E-state index in [4.69, 9.17) is 14.6 Å². The van der Waals surface area contributed by atoms with Crippen LogP contribution in [0.5, 0.6) is 11.5 Å². The van der Waals surface area contributed by atoms with E-state index in [2.05, 4.69) is 5.32 Å². The summed E-state index contributed by atoms with van der Waals surface area (Å²) in [5.41, 5.74) is 0. The number of hydrogen-bond donors (Lipinski definition) is 2. The van der Waals surface area contributed by atoms with Crippen LogP contribution in [0.4, 0.5) is 4.79 Å². The number of hydrogen-bond acceptors (Lipinski definition) is 4. The van der Waals surface area contributed by atoms with Gasteiger partial charge in [-0.15, -0.1) is 0 Å². The fourth-order valence-corrected chi connectivity index (χ4v) is 2.35. The van der Waals surface area contributed by atoms with Gasteiger partial charge in [0.25, 0.3) is 0 Å². The Kier molecular flexibility index (Phi) is 5.46. The molecule has 2 amide bonds. The molecule has 120 valence electrons. The van der Waals surface area contributed by atoms with E-state index in [1.54, 1.807) is 24.1 Å². The minimum absolute atomic E-state index is 0.0259. The van der Waals surface area contributed by atoms with Gasteiger partial charge in [0, 0.05) is 13.1 Å². The average molecular weight is 308 g/mol. The monoisotopic (exact) mass is 308 g/mol. The topological polar surface area (TPSA) is 88.1 Å². The van der Waals surface area contributed by atoms with Gasteiger partial charge in [0.05, 0.1) is 13.0 Å². The number of nitrogens with zero attached hydrogens (tertiary/aromatic N) is 1. The summed E-state index contributed by atoms with van der Waals surface area (Å²) in [6.07, 6.45) is 0.965. The van der Waals surface area contributed by atoms with Crippen molar-refractivity contribution in [3.8, 4) is 11.5 Å². The van der Waals surface area contributed by atoms with Crippen LogP contribution in [0.2, 0.25) is 0 Å². The molecule has 2 N–H and O–H groups in total. The maximum atomic E-state index is 12.0. The van der Waals surface area contributed by atoms with Crippen molar-refractivity contribution < 1.29 is 24.2 Å². The Hall–Kier alpha value is -2.44. The number of carboxylic acids is 1. The molecule has 1 aromatic rings. The van der Waals surface area contributed by atoms with Crippen molar-refractivity contribution in [2.45, 2.75) is 12.8 Å². The first-order valence-corrected chi connectivity index (χ1v) is 7.13. The fraction of sp³-hybridized carbons (Fsp3) is 0.467. The summed E-state index contributed by atoms with van der Waals surface area (Å²) in [5, 5.41) is 11.6. The van der Waals surface area contributed by atoms with Gasteiger partial charge >= 0.3 is 12.0 Å². The largest absolute Gasteiger partial charge is 0.493 e. The molecule has 22 heavy (non-hydrogen) atoms. The van der Waals surface area contributed by atoms with Crippen LogP contribution in [0.25, 0.3) is 0 Å². The van der Waals surface area contributed by atoms with Gasteiger partial charge in [-0.1, -0.05) is 12.1 Å². The van der Waals surface area contributed by atoms with Crippen LogP contribution in [-0.2, 0) is 4.79 Å². The molecule has 2 rings (SSSR count). The van der Waals surface area contributed by atoms with E-state index < -0.39 is 5.97 Å². The first-order chi connectivity index (χ1) is 10.6. The smallest absolute Gasteiger partial charge is 0.320 e. The van der Waals surface area contributed by atoms with Gasteiger partial charge in [-0.3, -0.25) is 4.79 Å². The number of carboxylic acid groups (broad SMARTS) is 1. The van der Waals surface area contributed by atoms with E-state index in [0.29, 0.717) is 37.4 Å². The highest BCUT2D eigenvalue weighted by molar-refractivity contribution is 5.75. The summed E-state index contributed by atoms with van der Waals surface area (Å²) >= 11 is 0. The van der Waals surface area contributed by atoms with E-state index in [1.807, 2.05) is 12.1 Å². The highest BCUT2D eigenvalue weighted by Gasteiger charge is 2.26. The van der Waals surface area contributed by atoms with Gasteiger partial charge in [0.1, 0.15) is 0 Å². The van der Waals surface area contributed by atoms with Crippen LogP contribution in [-0.4, -0.2) is 48.9 Å². The average Bonchev–Trinajstić information content (AvgIpc) is 2.55. The zero-order valence-electron chi connectivity index (χ0n) is 12.4. The van der Waals surface area contributed by atoms with Gasteiger partial charge in [-0.2, -0.15) is 0 Å². The zero-order valence-corrected chi connectivity index (χ0v) is 12.4. The third kappa shape index (κ3) is 4.03. The third-order valence-corrected chi connectivity index (χ3v) is 3.65. The standard InChI is InChI=1S/C15H20N2O5/c1-21-12-4-2-3-5-13(12)22-10-16-15(20)17-8-6-11(7-9-17)14(18)19/h2-5,11H,6-10H2,1H3,(H,16,20)(H,18,19). The molecule has 1 saturated heterocycles. The van der Waals surface area contributed by atoms with Gasteiger partial charge in [0.2, 0.25) is 0 Å². The van der Waals surface area contributed by atoms with E-state index in [9.17, 15) is 9.59 Å². The molecule has 0 aliphatic carbocycles. The molecule has 1 aromatic carbocycles. The molecule has 1 aliphatic rings. The molecule has 0 bridgehead atoms. The molecule has 0 atom stereocenters. The van der Waals surface area contributed by atoms with Crippen LogP contribution in [0.15, 0.2) is 24.3 Å². The normalized spacial score (nSPS) is 15.2. The highest BCUT2D eigenvalue weighted by atomic mass is 16.5. The first-order valence-electron chi connectivity index (χ1n) is 7.13. The maximum absolute atomic E-state index is 12.0. The minimum Gasteiger partial charge on any atom is -0.493 e. The summed E-state index contributed by atoms with van der Waals surface area (Å²) in [5.74, 6) is 0.00218. The van der Waals surface area contributed by atoms with Gasteiger partial charge in [-0.05, 0) is 25.0 Å². The molecule has 0 saturated carbocycles. The number of aliphatic carboxylic acids is 1. The Morgan fingerprint density at radius 2 is 1.91 bits per heavy atom. The van der Waals surface area contributed by atoms with E-state index >= 15 is 0 Å². The minimum atomic E-state index is -0.792. The van der Waals surface area contributed by atoms with Crippen molar-refractivity contribution in [2.75, 3.05) is 26.9 Å². The van der Waals surface area contributed by atoms with Gasteiger partial charge in [0.15, 0.2) is 18.2 Å². The molecule has 1 aliphatic heterocycles. The number of ether oxygens (including phenoxy) is 2. The van der Waals surface area contributed by atoms with Crippen molar-refractivity contribution in [1.82, 2.24) is 10.2 Å². The van der Waals surface area contributed by atoms with Crippen LogP contribution in [0.1, 0.15) is 12.8 Å². The molecule has 0 radical (unpaired) electrons. The first kappa shape index (κ1) is 15.9. The summed E-state index contributed by atoms with van der Waals surface area (Å²) in [6.45, 7) is 0.910. The number of likely N-dealkylation sites (tertiary alicyclic amines) is 1. The molecular formula is C15H20N2O5. The van der Waals surface area contributed by atoms with E-state index in [1.165, 1.54) is 0 Å². The highest BCUT2D eigenvalue weighted by Crippen LogP contribution is 2.25. The predicted octanol–water partition coefficient (Wildman–Crippen LogP) is 1.54. The summed E-state index contributed by atoms with van der Waals surface area (Å²) in [7, 11) is 1.55. The van der Waals surface area contributed by atoms with Crippen molar-refractivity contribution in [1.29, 1.82) is 0 Å². The Bertz CT molecular complexity index is 526. The number of nitrogens with one attached hydrogen (secondary N) is 1. The molecule has 0 aromatic heterocycles. The molecular weight excluding hydrogens is 288 g/mol.